The van der Waals surface area contributed by atoms with Gasteiger partial charge in [-0.2, -0.15) is 0 Å². The second-order valence-electron chi connectivity index (χ2n) is 5.74. The van der Waals surface area contributed by atoms with Crippen LogP contribution >= 0.6 is 0 Å². The highest BCUT2D eigenvalue weighted by atomic mass is 16.5. The normalized spacial score (nSPS) is 28.7. The van der Waals surface area contributed by atoms with Crippen LogP contribution in [-0.4, -0.2) is 68.3 Å². The first-order valence-electron chi connectivity index (χ1n) is 7.57. The van der Waals surface area contributed by atoms with E-state index in [1.54, 1.807) is 0 Å². The molecule has 2 aliphatic heterocycles. The maximum Gasteiger partial charge on any atom is 0.0594 e. The first-order valence-corrected chi connectivity index (χ1v) is 7.57. The van der Waals surface area contributed by atoms with Crippen molar-refractivity contribution in [1.29, 1.82) is 0 Å². The van der Waals surface area contributed by atoms with Gasteiger partial charge in [0.2, 0.25) is 0 Å². The van der Waals surface area contributed by atoms with Crippen LogP contribution in [0.1, 0.15) is 26.2 Å². The van der Waals surface area contributed by atoms with Crippen LogP contribution in [0.2, 0.25) is 0 Å². The van der Waals surface area contributed by atoms with E-state index in [0.717, 1.165) is 38.9 Å². The van der Waals surface area contributed by atoms with Gasteiger partial charge in [-0.05, 0) is 31.8 Å². The van der Waals surface area contributed by atoms with Crippen molar-refractivity contribution >= 4 is 0 Å². The summed E-state index contributed by atoms with van der Waals surface area (Å²) < 4.78 is 5.43. The van der Waals surface area contributed by atoms with E-state index in [4.69, 9.17) is 10.5 Å². The second-order valence-corrected chi connectivity index (χ2v) is 5.74. The van der Waals surface area contributed by atoms with E-state index in [1.165, 1.54) is 38.9 Å². The van der Waals surface area contributed by atoms with Crippen LogP contribution in [0.3, 0.4) is 0 Å². The third kappa shape index (κ3) is 3.92. The Balaban J connectivity index is 1.73. The molecule has 0 amide bonds. The molecule has 0 saturated carbocycles. The first-order chi connectivity index (χ1) is 8.83. The number of morpholine rings is 1. The minimum Gasteiger partial charge on any atom is -0.379 e. The SMILES string of the molecule is CCCC(CN)CN1CCC(N2CCOCC2)C1. The van der Waals surface area contributed by atoms with Gasteiger partial charge in [-0.1, -0.05) is 13.3 Å². The molecule has 0 radical (unpaired) electrons. The molecule has 2 fully saturated rings. The van der Waals surface area contributed by atoms with Gasteiger partial charge in [0.25, 0.3) is 0 Å². The van der Waals surface area contributed by atoms with Crippen LogP contribution in [0.5, 0.6) is 0 Å². The zero-order valence-corrected chi connectivity index (χ0v) is 11.8. The van der Waals surface area contributed by atoms with Crippen molar-refractivity contribution in [1.82, 2.24) is 9.80 Å². The Kier molecular flexibility index (Phi) is 5.89. The van der Waals surface area contributed by atoms with E-state index in [0.29, 0.717) is 5.92 Å². The Bertz CT molecular complexity index is 231. The molecule has 2 heterocycles. The van der Waals surface area contributed by atoms with Crippen molar-refractivity contribution < 1.29 is 4.74 Å². The van der Waals surface area contributed by atoms with Gasteiger partial charge in [-0.25, -0.2) is 0 Å². The van der Waals surface area contributed by atoms with Crippen molar-refractivity contribution in [3.8, 4) is 0 Å². The van der Waals surface area contributed by atoms with E-state index >= 15 is 0 Å². The van der Waals surface area contributed by atoms with Gasteiger partial charge in [0.15, 0.2) is 0 Å². The van der Waals surface area contributed by atoms with Crippen molar-refractivity contribution in [2.45, 2.75) is 32.2 Å². The molecule has 2 rings (SSSR count). The molecule has 0 aliphatic carbocycles. The van der Waals surface area contributed by atoms with Gasteiger partial charge in [-0.15, -0.1) is 0 Å². The molecule has 2 atom stereocenters. The molecule has 2 saturated heterocycles. The zero-order valence-electron chi connectivity index (χ0n) is 11.8. The summed E-state index contributed by atoms with van der Waals surface area (Å²) in [6.07, 6.45) is 3.85. The Labute approximate surface area is 111 Å². The third-order valence-corrected chi connectivity index (χ3v) is 4.36. The van der Waals surface area contributed by atoms with Crippen LogP contribution in [0.4, 0.5) is 0 Å². The smallest absolute Gasteiger partial charge is 0.0594 e. The predicted molar refractivity (Wildman–Crippen MR) is 74.7 cm³/mol. The lowest BCUT2D eigenvalue weighted by Gasteiger charge is -2.32. The number of ether oxygens (including phenoxy) is 1. The van der Waals surface area contributed by atoms with Gasteiger partial charge in [0.05, 0.1) is 13.2 Å². The number of likely N-dealkylation sites (tertiary alicyclic amines) is 1. The quantitative estimate of drug-likeness (QED) is 0.761. The lowest BCUT2D eigenvalue weighted by atomic mass is 10.0. The molecule has 2 unspecified atom stereocenters. The molecular weight excluding hydrogens is 226 g/mol. The highest BCUT2D eigenvalue weighted by Crippen LogP contribution is 2.19. The molecule has 2 N–H and O–H groups in total. The van der Waals surface area contributed by atoms with Crippen molar-refractivity contribution in [2.24, 2.45) is 11.7 Å². The fourth-order valence-corrected chi connectivity index (χ4v) is 3.28. The predicted octanol–water partition coefficient (Wildman–Crippen LogP) is 0.768. The number of hydrogen-bond donors (Lipinski definition) is 1. The molecule has 106 valence electrons. The Hall–Kier alpha value is -0.160. The van der Waals surface area contributed by atoms with Gasteiger partial charge in [0.1, 0.15) is 0 Å². The fraction of sp³-hybridized carbons (Fsp3) is 1.00. The first kappa shape index (κ1) is 14.3. The summed E-state index contributed by atoms with van der Waals surface area (Å²) in [6.45, 7) is 10.8. The van der Waals surface area contributed by atoms with Gasteiger partial charge in [-0.3, -0.25) is 4.90 Å². The number of nitrogens with zero attached hydrogens (tertiary/aromatic N) is 2. The molecular formula is C14H29N3O. The van der Waals surface area contributed by atoms with Crippen LogP contribution in [-0.2, 0) is 4.74 Å². The van der Waals surface area contributed by atoms with E-state index < -0.39 is 0 Å². The van der Waals surface area contributed by atoms with Crippen LogP contribution < -0.4 is 5.73 Å². The summed E-state index contributed by atoms with van der Waals surface area (Å²) in [5.41, 5.74) is 5.86. The van der Waals surface area contributed by atoms with Gasteiger partial charge >= 0.3 is 0 Å². The lowest BCUT2D eigenvalue weighted by molar-refractivity contribution is 0.0182. The van der Waals surface area contributed by atoms with E-state index in [1.807, 2.05) is 0 Å². The van der Waals surface area contributed by atoms with E-state index in [-0.39, 0.29) is 0 Å². The van der Waals surface area contributed by atoms with Crippen molar-refractivity contribution in [3.05, 3.63) is 0 Å². The molecule has 18 heavy (non-hydrogen) atoms. The average molecular weight is 255 g/mol. The number of nitrogens with two attached hydrogens (primary N) is 1. The summed E-state index contributed by atoms with van der Waals surface area (Å²) in [5.74, 6) is 0.693. The van der Waals surface area contributed by atoms with Crippen LogP contribution in [0, 0.1) is 5.92 Å². The molecule has 0 bridgehead atoms. The molecule has 0 aromatic rings. The minimum atomic E-state index is 0.693. The highest BCUT2D eigenvalue weighted by Gasteiger charge is 2.29. The molecule has 4 nitrogen and oxygen atoms in total. The van der Waals surface area contributed by atoms with Crippen LogP contribution in [0.25, 0.3) is 0 Å². The number of hydrogen-bond acceptors (Lipinski definition) is 4. The number of rotatable bonds is 6. The Morgan fingerprint density at radius 1 is 1.28 bits per heavy atom. The molecule has 0 spiro atoms. The Morgan fingerprint density at radius 3 is 2.72 bits per heavy atom. The van der Waals surface area contributed by atoms with Gasteiger partial charge in [0, 0.05) is 32.2 Å². The summed E-state index contributed by atoms with van der Waals surface area (Å²) in [4.78, 5) is 5.23. The highest BCUT2D eigenvalue weighted by molar-refractivity contribution is 4.85. The molecule has 4 heteroatoms. The van der Waals surface area contributed by atoms with Gasteiger partial charge < -0.3 is 15.4 Å². The average Bonchev–Trinajstić information content (AvgIpc) is 2.88. The lowest BCUT2D eigenvalue weighted by Crippen LogP contribution is -2.45. The van der Waals surface area contributed by atoms with Crippen molar-refractivity contribution in [3.63, 3.8) is 0 Å². The topological polar surface area (TPSA) is 41.7 Å². The molecule has 0 aromatic heterocycles. The van der Waals surface area contributed by atoms with Crippen LogP contribution in [0.15, 0.2) is 0 Å². The fourth-order valence-electron chi connectivity index (χ4n) is 3.28. The summed E-state index contributed by atoms with van der Waals surface area (Å²) in [7, 11) is 0. The van der Waals surface area contributed by atoms with Crippen molar-refractivity contribution in [2.75, 3.05) is 52.5 Å². The molecule has 2 aliphatic rings. The monoisotopic (exact) mass is 255 g/mol. The Morgan fingerprint density at radius 2 is 2.06 bits per heavy atom. The largest absolute Gasteiger partial charge is 0.379 e. The summed E-state index contributed by atoms with van der Waals surface area (Å²) in [5, 5.41) is 0. The summed E-state index contributed by atoms with van der Waals surface area (Å²) in [6, 6.07) is 0.758. The maximum absolute atomic E-state index is 5.86. The standard InChI is InChI=1S/C14H29N3O/c1-2-3-13(10-15)11-16-5-4-14(12-16)17-6-8-18-9-7-17/h13-14H,2-12,15H2,1H3. The zero-order chi connectivity index (χ0) is 12.8. The third-order valence-electron chi connectivity index (χ3n) is 4.36. The van der Waals surface area contributed by atoms with E-state index in [2.05, 4.69) is 16.7 Å². The summed E-state index contributed by atoms with van der Waals surface area (Å²) >= 11 is 0. The minimum absolute atomic E-state index is 0.693. The second kappa shape index (κ2) is 7.43. The molecule has 0 aromatic carbocycles. The maximum atomic E-state index is 5.86. The van der Waals surface area contributed by atoms with E-state index in [9.17, 15) is 0 Å².